The second-order valence-electron chi connectivity index (χ2n) is 7.07. The molecule has 1 N–H and O–H groups in total. The van der Waals surface area contributed by atoms with E-state index in [1.165, 1.54) is 18.5 Å². The number of rotatable bonds is 6. The number of anilines is 1. The first kappa shape index (κ1) is 17.3. The van der Waals surface area contributed by atoms with Gasteiger partial charge in [0.2, 0.25) is 0 Å². The fourth-order valence-electron chi connectivity index (χ4n) is 4.10. The van der Waals surface area contributed by atoms with Crippen molar-refractivity contribution in [1.29, 1.82) is 0 Å². The molecule has 1 amide bonds. The SMILES string of the molecule is CCCCN(CC)c1ccc(C(=O)N2C3CCNCC2CC3)cc1. The number of hydrogen-bond donors (Lipinski definition) is 1. The maximum absolute atomic E-state index is 13.0. The average molecular weight is 329 g/mol. The summed E-state index contributed by atoms with van der Waals surface area (Å²) >= 11 is 0. The van der Waals surface area contributed by atoms with Gasteiger partial charge in [-0.05, 0) is 63.4 Å². The van der Waals surface area contributed by atoms with Crippen LogP contribution in [-0.2, 0) is 0 Å². The molecule has 24 heavy (non-hydrogen) atoms. The molecule has 0 spiro atoms. The predicted molar refractivity (Wildman–Crippen MR) is 99.7 cm³/mol. The summed E-state index contributed by atoms with van der Waals surface area (Å²) in [5, 5.41) is 3.47. The third-order valence-corrected chi connectivity index (χ3v) is 5.53. The highest BCUT2D eigenvalue weighted by atomic mass is 16.2. The Labute approximate surface area is 146 Å². The van der Waals surface area contributed by atoms with Crippen molar-refractivity contribution in [2.45, 2.75) is 58.0 Å². The molecule has 2 saturated heterocycles. The molecule has 0 saturated carbocycles. The molecule has 2 aliphatic rings. The van der Waals surface area contributed by atoms with Crippen LogP contribution in [0.5, 0.6) is 0 Å². The predicted octanol–water partition coefficient (Wildman–Crippen LogP) is 3.28. The second-order valence-corrected chi connectivity index (χ2v) is 7.07. The van der Waals surface area contributed by atoms with Crippen LogP contribution in [0.2, 0.25) is 0 Å². The molecule has 4 heteroatoms. The van der Waals surface area contributed by atoms with Gasteiger partial charge in [0.1, 0.15) is 0 Å². The molecule has 0 aromatic heterocycles. The Balaban J connectivity index is 1.72. The first-order valence-corrected chi connectivity index (χ1v) is 9.63. The Morgan fingerprint density at radius 3 is 2.62 bits per heavy atom. The van der Waals surface area contributed by atoms with E-state index in [0.29, 0.717) is 12.1 Å². The molecule has 132 valence electrons. The summed E-state index contributed by atoms with van der Waals surface area (Å²) in [6.07, 6.45) is 5.80. The van der Waals surface area contributed by atoms with Crippen molar-refractivity contribution in [2.75, 3.05) is 31.1 Å². The Kier molecular flexibility index (Phi) is 5.77. The minimum Gasteiger partial charge on any atom is -0.372 e. The van der Waals surface area contributed by atoms with Crippen LogP contribution < -0.4 is 10.2 Å². The number of nitrogens with zero attached hydrogens (tertiary/aromatic N) is 2. The van der Waals surface area contributed by atoms with Crippen molar-refractivity contribution in [3.05, 3.63) is 29.8 Å². The first-order valence-electron chi connectivity index (χ1n) is 9.63. The van der Waals surface area contributed by atoms with Crippen LogP contribution in [-0.4, -0.2) is 49.1 Å². The van der Waals surface area contributed by atoms with E-state index in [2.05, 4.69) is 41.1 Å². The third kappa shape index (κ3) is 3.59. The lowest BCUT2D eigenvalue weighted by atomic mass is 10.1. The van der Waals surface area contributed by atoms with Gasteiger partial charge in [-0.25, -0.2) is 0 Å². The zero-order valence-electron chi connectivity index (χ0n) is 15.1. The molecule has 2 aliphatic heterocycles. The molecule has 0 radical (unpaired) electrons. The molecule has 2 bridgehead atoms. The molecule has 0 aliphatic carbocycles. The van der Waals surface area contributed by atoms with E-state index < -0.39 is 0 Å². The first-order chi connectivity index (χ1) is 11.7. The third-order valence-electron chi connectivity index (χ3n) is 5.53. The molecular weight excluding hydrogens is 298 g/mol. The quantitative estimate of drug-likeness (QED) is 0.870. The molecule has 2 fully saturated rings. The molecular formula is C20H31N3O. The minimum absolute atomic E-state index is 0.217. The van der Waals surface area contributed by atoms with Gasteiger partial charge in [-0.3, -0.25) is 4.79 Å². The van der Waals surface area contributed by atoms with Crippen molar-refractivity contribution >= 4 is 11.6 Å². The summed E-state index contributed by atoms with van der Waals surface area (Å²) in [5.74, 6) is 0.217. The van der Waals surface area contributed by atoms with Gasteiger partial charge in [0, 0.05) is 43.0 Å². The highest BCUT2D eigenvalue weighted by molar-refractivity contribution is 5.95. The Morgan fingerprint density at radius 1 is 1.17 bits per heavy atom. The summed E-state index contributed by atoms with van der Waals surface area (Å²) in [4.78, 5) is 17.6. The number of fused-ring (bicyclic) bond motifs is 2. The van der Waals surface area contributed by atoms with Crippen molar-refractivity contribution in [3.63, 3.8) is 0 Å². The van der Waals surface area contributed by atoms with E-state index in [0.717, 1.165) is 51.0 Å². The molecule has 2 heterocycles. The molecule has 2 atom stereocenters. The molecule has 3 rings (SSSR count). The van der Waals surface area contributed by atoms with E-state index in [9.17, 15) is 4.79 Å². The van der Waals surface area contributed by atoms with Crippen molar-refractivity contribution in [1.82, 2.24) is 10.2 Å². The molecule has 1 aromatic rings. The molecule has 1 aromatic carbocycles. The summed E-state index contributed by atoms with van der Waals surface area (Å²) in [6, 6.07) is 9.07. The van der Waals surface area contributed by atoms with E-state index in [4.69, 9.17) is 0 Å². The van der Waals surface area contributed by atoms with Gasteiger partial charge in [0.25, 0.3) is 5.91 Å². The van der Waals surface area contributed by atoms with Gasteiger partial charge in [-0.1, -0.05) is 13.3 Å². The van der Waals surface area contributed by atoms with Crippen LogP contribution in [0.4, 0.5) is 5.69 Å². The zero-order chi connectivity index (χ0) is 16.9. The van der Waals surface area contributed by atoms with Crippen LogP contribution in [0.25, 0.3) is 0 Å². The summed E-state index contributed by atoms with van der Waals surface area (Å²) < 4.78 is 0. The Morgan fingerprint density at radius 2 is 1.92 bits per heavy atom. The Bertz CT molecular complexity index is 528. The number of amides is 1. The van der Waals surface area contributed by atoms with Gasteiger partial charge < -0.3 is 15.1 Å². The van der Waals surface area contributed by atoms with Gasteiger partial charge in [0.15, 0.2) is 0 Å². The van der Waals surface area contributed by atoms with E-state index in [1.54, 1.807) is 0 Å². The average Bonchev–Trinajstić information content (AvgIpc) is 2.88. The van der Waals surface area contributed by atoms with Gasteiger partial charge in [-0.15, -0.1) is 0 Å². The van der Waals surface area contributed by atoms with E-state index in [-0.39, 0.29) is 5.91 Å². The topological polar surface area (TPSA) is 35.6 Å². The monoisotopic (exact) mass is 329 g/mol. The fourth-order valence-corrected chi connectivity index (χ4v) is 4.10. The number of carbonyl (C=O) groups excluding carboxylic acids is 1. The molecule has 4 nitrogen and oxygen atoms in total. The van der Waals surface area contributed by atoms with Crippen molar-refractivity contribution in [2.24, 2.45) is 0 Å². The fraction of sp³-hybridized carbons (Fsp3) is 0.650. The van der Waals surface area contributed by atoms with Gasteiger partial charge >= 0.3 is 0 Å². The number of nitrogens with one attached hydrogen (secondary N) is 1. The van der Waals surface area contributed by atoms with Crippen molar-refractivity contribution < 1.29 is 4.79 Å². The minimum atomic E-state index is 0.217. The Hall–Kier alpha value is -1.55. The lowest BCUT2D eigenvalue weighted by Gasteiger charge is -2.28. The van der Waals surface area contributed by atoms with Crippen LogP contribution in [0.3, 0.4) is 0 Å². The number of benzene rings is 1. The number of carbonyl (C=O) groups is 1. The normalized spacial score (nSPS) is 23.2. The van der Waals surface area contributed by atoms with Crippen LogP contribution in [0, 0.1) is 0 Å². The largest absolute Gasteiger partial charge is 0.372 e. The van der Waals surface area contributed by atoms with Gasteiger partial charge in [-0.2, -0.15) is 0 Å². The lowest BCUT2D eigenvalue weighted by Crippen LogP contribution is -2.42. The highest BCUT2D eigenvalue weighted by Crippen LogP contribution is 2.30. The number of unbranched alkanes of at least 4 members (excludes halogenated alkanes) is 1. The lowest BCUT2D eigenvalue weighted by molar-refractivity contribution is 0.0680. The van der Waals surface area contributed by atoms with Gasteiger partial charge in [0.05, 0.1) is 0 Å². The van der Waals surface area contributed by atoms with Crippen LogP contribution in [0.1, 0.15) is 56.3 Å². The standard InChI is InChI=1S/C20H31N3O/c1-3-5-14-22(4-2)17-8-6-16(7-9-17)20(24)23-18-10-11-19(23)15-21-13-12-18/h6-9,18-19,21H,3-5,10-15H2,1-2H3. The highest BCUT2D eigenvalue weighted by Gasteiger charge is 2.38. The summed E-state index contributed by atoms with van der Waals surface area (Å²) in [7, 11) is 0. The van der Waals surface area contributed by atoms with E-state index in [1.807, 2.05) is 12.1 Å². The number of hydrogen-bond acceptors (Lipinski definition) is 3. The van der Waals surface area contributed by atoms with Crippen LogP contribution in [0.15, 0.2) is 24.3 Å². The maximum atomic E-state index is 13.0. The second kappa shape index (κ2) is 8.02. The zero-order valence-corrected chi connectivity index (χ0v) is 15.1. The maximum Gasteiger partial charge on any atom is 0.254 e. The smallest absolute Gasteiger partial charge is 0.254 e. The summed E-state index contributed by atoms with van der Waals surface area (Å²) in [5.41, 5.74) is 2.06. The summed E-state index contributed by atoms with van der Waals surface area (Å²) in [6.45, 7) is 8.49. The van der Waals surface area contributed by atoms with Crippen molar-refractivity contribution in [3.8, 4) is 0 Å². The van der Waals surface area contributed by atoms with Crippen LogP contribution >= 0.6 is 0 Å². The van der Waals surface area contributed by atoms with E-state index >= 15 is 0 Å². The molecule has 2 unspecified atom stereocenters.